The van der Waals surface area contributed by atoms with Crippen LogP contribution in [0.15, 0.2) is 22.7 Å². The van der Waals surface area contributed by atoms with Gasteiger partial charge in [-0.2, -0.15) is 4.98 Å². The SMILES string of the molecule is COc1cc(-c2noc(CN(C)C3CCC(CO)CC3)n2)ccc1C. The lowest BCUT2D eigenvalue weighted by atomic mass is 9.86. The number of hydrogen-bond acceptors (Lipinski definition) is 6. The lowest BCUT2D eigenvalue weighted by Gasteiger charge is -2.33. The summed E-state index contributed by atoms with van der Waals surface area (Å²) in [4.78, 5) is 6.81. The lowest BCUT2D eigenvalue weighted by Crippen LogP contribution is -2.35. The first kappa shape index (κ1) is 17.9. The second-order valence-electron chi connectivity index (χ2n) is 6.97. The number of methoxy groups -OCH3 is 1. The smallest absolute Gasteiger partial charge is 0.241 e. The summed E-state index contributed by atoms with van der Waals surface area (Å²) in [6.07, 6.45) is 4.39. The maximum Gasteiger partial charge on any atom is 0.241 e. The molecule has 6 nitrogen and oxygen atoms in total. The van der Waals surface area contributed by atoms with Gasteiger partial charge in [0.25, 0.3) is 0 Å². The number of benzene rings is 1. The first-order valence-electron chi connectivity index (χ1n) is 8.89. The van der Waals surface area contributed by atoms with Crippen LogP contribution in [0.25, 0.3) is 11.4 Å². The van der Waals surface area contributed by atoms with E-state index in [1.807, 2.05) is 25.1 Å². The third kappa shape index (κ3) is 4.19. The van der Waals surface area contributed by atoms with E-state index in [4.69, 9.17) is 9.26 Å². The van der Waals surface area contributed by atoms with E-state index in [9.17, 15) is 5.11 Å². The molecule has 0 saturated heterocycles. The Morgan fingerprint density at radius 3 is 2.72 bits per heavy atom. The molecule has 1 aromatic heterocycles. The van der Waals surface area contributed by atoms with Gasteiger partial charge in [-0.25, -0.2) is 0 Å². The van der Waals surface area contributed by atoms with Crippen LogP contribution < -0.4 is 4.74 Å². The minimum atomic E-state index is 0.309. The highest BCUT2D eigenvalue weighted by Gasteiger charge is 2.24. The third-order valence-corrected chi connectivity index (χ3v) is 5.22. The second kappa shape index (κ2) is 7.97. The summed E-state index contributed by atoms with van der Waals surface area (Å²) in [6, 6.07) is 6.42. The molecule has 136 valence electrons. The van der Waals surface area contributed by atoms with Crippen LogP contribution in [0.4, 0.5) is 0 Å². The molecule has 0 radical (unpaired) electrons. The summed E-state index contributed by atoms with van der Waals surface area (Å²) >= 11 is 0. The zero-order valence-electron chi connectivity index (χ0n) is 15.2. The van der Waals surface area contributed by atoms with E-state index in [0.717, 1.165) is 42.6 Å². The van der Waals surface area contributed by atoms with Gasteiger partial charge >= 0.3 is 0 Å². The molecule has 0 spiro atoms. The van der Waals surface area contributed by atoms with Gasteiger partial charge in [-0.05, 0) is 57.2 Å². The highest BCUT2D eigenvalue weighted by atomic mass is 16.5. The van der Waals surface area contributed by atoms with Gasteiger partial charge in [-0.1, -0.05) is 17.3 Å². The average molecular weight is 345 g/mol. The number of aryl methyl sites for hydroxylation is 1. The van der Waals surface area contributed by atoms with Crippen molar-refractivity contribution in [2.45, 2.75) is 45.2 Å². The fourth-order valence-corrected chi connectivity index (χ4v) is 3.51. The summed E-state index contributed by atoms with van der Waals surface area (Å²) in [7, 11) is 3.76. The first-order valence-corrected chi connectivity index (χ1v) is 8.89. The second-order valence-corrected chi connectivity index (χ2v) is 6.97. The number of aliphatic hydroxyl groups excluding tert-OH is 1. The Hall–Kier alpha value is -1.92. The van der Waals surface area contributed by atoms with Crippen molar-refractivity contribution < 1.29 is 14.4 Å². The molecule has 1 aromatic carbocycles. The summed E-state index contributed by atoms with van der Waals surface area (Å²) in [6.45, 7) is 2.96. The molecule has 3 rings (SSSR count). The molecule has 6 heteroatoms. The van der Waals surface area contributed by atoms with E-state index in [1.54, 1.807) is 7.11 Å². The number of hydrogen-bond donors (Lipinski definition) is 1. The largest absolute Gasteiger partial charge is 0.496 e. The summed E-state index contributed by atoms with van der Waals surface area (Å²) < 4.78 is 10.8. The zero-order valence-corrected chi connectivity index (χ0v) is 15.2. The number of ether oxygens (including phenoxy) is 1. The Morgan fingerprint density at radius 2 is 2.04 bits per heavy atom. The van der Waals surface area contributed by atoms with Gasteiger partial charge in [0.1, 0.15) is 5.75 Å². The Balaban J connectivity index is 1.64. The van der Waals surface area contributed by atoms with Gasteiger partial charge in [0.15, 0.2) is 0 Å². The predicted octanol–water partition coefficient (Wildman–Crippen LogP) is 3.04. The van der Waals surface area contributed by atoms with E-state index in [-0.39, 0.29) is 0 Å². The maximum atomic E-state index is 9.26. The van der Waals surface area contributed by atoms with Crippen LogP contribution in [0.3, 0.4) is 0 Å². The fraction of sp³-hybridized carbons (Fsp3) is 0.579. The quantitative estimate of drug-likeness (QED) is 0.868. The third-order valence-electron chi connectivity index (χ3n) is 5.22. The Bertz CT molecular complexity index is 693. The van der Waals surface area contributed by atoms with Crippen LogP contribution in [0, 0.1) is 12.8 Å². The topological polar surface area (TPSA) is 71.6 Å². The molecule has 1 fully saturated rings. The maximum absolute atomic E-state index is 9.26. The van der Waals surface area contributed by atoms with Crippen molar-refractivity contribution in [1.29, 1.82) is 0 Å². The standard InChI is InChI=1S/C19H27N3O3/c1-13-4-7-15(10-17(13)24-3)19-20-18(25-21-19)11-22(2)16-8-5-14(12-23)6-9-16/h4,7,10,14,16,23H,5-6,8-9,11-12H2,1-3H3. The van der Waals surface area contributed by atoms with Crippen LogP contribution in [-0.2, 0) is 6.54 Å². The van der Waals surface area contributed by atoms with Crippen molar-refractivity contribution in [1.82, 2.24) is 15.0 Å². The molecule has 0 bridgehead atoms. The van der Waals surface area contributed by atoms with Crippen LogP contribution in [-0.4, -0.2) is 47.0 Å². The molecular formula is C19H27N3O3. The Labute approximate surface area is 148 Å². The van der Waals surface area contributed by atoms with Crippen LogP contribution in [0.1, 0.15) is 37.1 Å². The molecule has 0 atom stereocenters. The van der Waals surface area contributed by atoms with Crippen molar-refractivity contribution in [2.24, 2.45) is 5.92 Å². The van der Waals surface area contributed by atoms with E-state index in [2.05, 4.69) is 22.1 Å². The van der Waals surface area contributed by atoms with E-state index < -0.39 is 0 Å². The average Bonchev–Trinajstić information content (AvgIpc) is 3.10. The van der Waals surface area contributed by atoms with E-state index in [1.165, 1.54) is 0 Å². The van der Waals surface area contributed by atoms with Gasteiger partial charge in [0.05, 0.1) is 13.7 Å². The van der Waals surface area contributed by atoms with Gasteiger partial charge < -0.3 is 14.4 Å². The minimum absolute atomic E-state index is 0.309. The summed E-state index contributed by atoms with van der Waals surface area (Å²) in [5.41, 5.74) is 1.97. The Morgan fingerprint density at radius 1 is 1.28 bits per heavy atom. The summed E-state index contributed by atoms with van der Waals surface area (Å²) in [5.74, 6) is 2.50. The molecule has 1 aliphatic carbocycles. The molecule has 2 aromatic rings. The molecule has 0 amide bonds. The molecule has 0 unspecified atom stereocenters. The molecule has 1 saturated carbocycles. The number of rotatable bonds is 6. The van der Waals surface area contributed by atoms with Gasteiger partial charge in [-0.15, -0.1) is 0 Å². The molecule has 1 aliphatic rings. The lowest BCUT2D eigenvalue weighted by molar-refractivity contribution is 0.116. The number of aliphatic hydroxyl groups is 1. The number of nitrogens with zero attached hydrogens (tertiary/aromatic N) is 3. The van der Waals surface area contributed by atoms with Crippen molar-refractivity contribution in [3.63, 3.8) is 0 Å². The molecule has 0 aliphatic heterocycles. The zero-order chi connectivity index (χ0) is 17.8. The van der Waals surface area contributed by atoms with Crippen molar-refractivity contribution in [3.8, 4) is 17.1 Å². The Kier molecular flexibility index (Phi) is 5.71. The molecule has 25 heavy (non-hydrogen) atoms. The van der Waals surface area contributed by atoms with Crippen molar-refractivity contribution in [2.75, 3.05) is 20.8 Å². The molecular weight excluding hydrogens is 318 g/mol. The highest BCUT2D eigenvalue weighted by molar-refractivity contribution is 5.58. The van der Waals surface area contributed by atoms with Crippen molar-refractivity contribution >= 4 is 0 Å². The monoisotopic (exact) mass is 345 g/mol. The van der Waals surface area contributed by atoms with Crippen LogP contribution >= 0.6 is 0 Å². The van der Waals surface area contributed by atoms with Gasteiger partial charge in [-0.3, -0.25) is 4.90 Å². The van der Waals surface area contributed by atoms with E-state index >= 15 is 0 Å². The highest BCUT2D eigenvalue weighted by Crippen LogP contribution is 2.28. The fourth-order valence-electron chi connectivity index (χ4n) is 3.51. The predicted molar refractivity (Wildman–Crippen MR) is 95.3 cm³/mol. The van der Waals surface area contributed by atoms with Crippen LogP contribution in [0.5, 0.6) is 5.75 Å². The van der Waals surface area contributed by atoms with Gasteiger partial charge in [0, 0.05) is 18.2 Å². The summed E-state index contributed by atoms with van der Waals surface area (Å²) in [5, 5.41) is 13.4. The van der Waals surface area contributed by atoms with Crippen LogP contribution in [0.2, 0.25) is 0 Å². The van der Waals surface area contributed by atoms with Crippen molar-refractivity contribution in [3.05, 3.63) is 29.7 Å². The normalized spacial score (nSPS) is 20.8. The number of aromatic nitrogens is 2. The molecule has 1 heterocycles. The van der Waals surface area contributed by atoms with E-state index in [0.29, 0.717) is 36.8 Å². The van der Waals surface area contributed by atoms with Gasteiger partial charge in [0.2, 0.25) is 11.7 Å². The molecule has 1 N–H and O–H groups in total. The minimum Gasteiger partial charge on any atom is -0.496 e. The first-order chi connectivity index (χ1) is 12.1.